The maximum Gasteiger partial charge on any atom is 0.259 e. The minimum absolute atomic E-state index is 0.0242. The largest absolute Gasteiger partial charge is 0.360 e. The summed E-state index contributed by atoms with van der Waals surface area (Å²) in [5.74, 6) is -0.507. The van der Waals surface area contributed by atoms with Crippen LogP contribution in [0.15, 0.2) is 22.7 Å². The summed E-state index contributed by atoms with van der Waals surface area (Å²) in [6.07, 6.45) is 0.729. The Morgan fingerprint density at radius 2 is 2.00 bits per heavy atom. The van der Waals surface area contributed by atoms with E-state index >= 15 is 0 Å². The number of hydrogen-bond acceptors (Lipinski definition) is 5. The Kier molecular flexibility index (Phi) is 6.54. The number of likely N-dealkylation sites (N-methyl/N-ethyl adjacent to an activating group) is 1. The molecule has 1 fully saturated rings. The lowest BCUT2D eigenvalue weighted by Gasteiger charge is -2.23. The molecular weight excluding hydrogens is 399 g/mol. The molecule has 156 valence electrons. The molecule has 0 unspecified atom stereocenters. The van der Waals surface area contributed by atoms with E-state index < -0.39 is 5.82 Å². The van der Waals surface area contributed by atoms with Gasteiger partial charge in [0.2, 0.25) is 5.91 Å². The van der Waals surface area contributed by atoms with Crippen molar-refractivity contribution in [2.45, 2.75) is 13.3 Å². The molecule has 0 N–H and O–H groups in total. The third-order valence-corrected chi connectivity index (χ3v) is 5.32. The van der Waals surface area contributed by atoms with Gasteiger partial charge in [-0.15, -0.1) is 0 Å². The molecule has 7 nitrogen and oxygen atoms in total. The number of aromatic nitrogens is 1. The maximum atomic E-state index is 14.4. The number of rotatable bonds is 4. The van der Waals surface area contributed by atoms with Crippen LogP contribution in [0.3, 0.4) is 0 Å². The normalized spacial score (nSPS) is 15.3. The molecule has 0 atom stereocenters. The number of carbonyl (C=O) groups is 2. The standard InChI is InChI=1S/C20H24ClFN4O3/c1-13-17(19(23-29-13)18-14(21)6-4-7-15(18)22)20(28)26-9-5-8-25(10-11-26)12-16(27)24(2)3/h4,6-7H,5,8-12H2,1-3H3. The van der Waals surface area contributed by atoms with Gasteiger partial charge >= 0.3 is 0 Å². The van der Waals surface area contributed by atoms with Crippen molar-refractivity contribution in [1.29, 1.82) is 0 Å². The fourth-order valence-electron chi connectivity index (χ4n) is 3.34. The Morgan fingerprint density at radius 1 is 1.24 bits per heavy atom. The van der Waals surface area contributed by atoms with Crippen molar-refractivity contribution in [1.82, 2.24) is 19.9 Å². The number of nitrogens with zero attached hydrogens (tertiary/aromatic N) is 4. The van der Waals surface area contributed by atoms with Crippen LogP contribution in [0, 0.1) is 12.7 Å². The number of amides is 2. The van der Waals surface area contributed by atoms with Crippen LogP contribution in [0.2, 0.25) is 5.02 Å². The fourth-order valence-corrected chi connectivity index (χ4v) is 3.59. The van der Waals surface area contributed by atoms with E-state index in [9.17, 15) is 14.0 Å². The molecule has 2 aromatic rings. The smallest absolute Gasteiger partial charge is 0.259 e. The van der Waals surface area contributed by atoms with Gasteiger partial charge in [-0.2, -0.15) is 0 Å². The quantitative estimate of drug-likeness (QED) is 0.757. The Balaban J connectivity index is 1.81. The molecule has 1 aliphatic heterocycles. The van der Waals surface area contributed by atoms with Crippen LogP contribution in [0.5, 0.6) is 0 Å². The molecule has 0 aliphatic carbocycles. The average Bonchev–Trinajstić information content (AvgIpc) is 2.88. The Bertz CT molecular complexity index is 895. The number of aryl methyl sites for hydroxylation is 1. The minimum atomic E-state index is -0.566. The van der Waals surface area contributed by atoms with E-state index in [2.05, 4.69) is 5.16 Å². The van der Waals surface area contributed by atoms with E-state index in [1.807, 2.05) is 4.90 Å². The Morgan fingerprint density at radius 3 is 2.69 bits per heavy atom. The van der Waals surface area contributed by atoms with Crippen molar-refractivity contribution < 1.29 is 18.5 Å². The highest BCUT2D eigenvalue weighted by Crippen LogP contribution is 2.34. The summed E-state index contributed by atoms with van der Waals surface area (Å²) in [5, 5.41) is 4.08. The third-order valence-electron chi connectivity index (χ3n) is 5.01. The van der Waals surface area contributed by atoms with Gasteiger partial charge in [0.25, 0.3) is 5.91 Å². The van der Waals surface area contributed by atoms with E-state index in [0.717, 1.165) is 13.0 Å². The molecule has 1 aliphatic rings. The van der Waals surface area contributed by atoms with Gasteiger partial charge < -0.3 is 14.3 Å². The summed E-state index contributed by atoms with van der Waals surface area (Å²) in [6, 6.07) is 4.31. The molecule has 2 heterocycles. The van der Waals surface area contributed by atoms with Crippen LogP contribution in [0.25, 0.3) is 11.3 Å². The molecule has 1 saturated heterocycles. The van der Waals surface area contributed by atoms with Crippen molar-refractivity contribution in [3.8, 4) is 11.3 Å². The second kappa shape index (κ2) is 8.92. The first kappa shape index (κ1) is 21.3. The molecule has 1 aromatic heterocycles. The van der Waals surface area contributed by atoms with Gasteiger partial charge in [-0.3, -0.25) is 14.5 Å². The van der Waals surface area contributed by atoms with Crippen LogP contribution in [-0.2, 0) is 4.79 Å². The molecule has 0 spiro atoms. The SMILES string of the molecule is Cc1onc(-c2c(F)cccc2Cl)c1C(=O)N1CCCN(CC(=O)N(C)C)CC1. The molecule has 0 saturated carbocycles. The summed E-state index contributed by atoms with van der Waals surface area (Å²) in [7, 11) is 3.44. The molecule has 1 aromatic carbocycles. The van der Waals surface area contributed by atoms with Crippen LogP contribution in [-0.4, -0.2) is 78.5 Å². The minimum Gasteiger partial charge on any atom is -0.360 e. The summed E-state index contributed by atoms with van der Waals surface area (Å²) in [5.41, 5.74) is 0.386. The topological polar surface area (TPSA) is 69.9 Å². The molecular formula is C20H24ClFN4O3. The van der Waals surface area contributed by atoms with Gasteiger partial charge in [-0.1, -0.05) is 22.8 Å². The summed E-state index contributed by atoms with van der Waals surface area (Å²) >= 11 is 6.17. The first-order chi connectivity index (χ1) is 13.8. The second-order valence-electron chi connectivity index (χ2n) is 7.27. The Hall–Kier alpha value is -2.45. The Labute approximate surface area is 174 Å². The van der Waals surface area contributed by atoms with Crippen molar-refractivity contribution in [2.24, 2.45) is 0 Å². The maximum absolute atomic E-state index is 14.4. The highest BCUT2D eigenvalue weighted by molar-refractivity contribution is 6.33. The predicted octanol–water partition coefficient (Wildman–Crippen LogP) is 2.68. The van der Waals surface area contributed by atoms with E-state index in [-0.39, 0.29) is 33.7 Å². The molecule has 0 radical (unpaired) electrons. The highest BCUT2D eigenvalue weighted by Gasteiger charge is 2.30. The summed E-state index contributed by atoms with van der Waals surface area (Å²) in [6.45, 7) is 4.22. The monoisotopic (exact) mass is 422 g/mol. The number of halogens is 2. The molecule has 29 heavy (non-hydrogen) atoms. The van der Waals surface area contributed by atoms with Gasteiger partial charge in [-0.25, -0.2) is 4.39 Å². The van der Waals surface area contributed by atoms with E-state index in [1.165, 1.54) is 12.1 Å². The van der Waals surface area contributed by atoms with Gasteiger partial charge in [-0.05, 0) is 25.5 Å². The zero-order chi connectivity index (χ0) is 21.1. The van der Waals surface area contributed by atoms with Crippen LogP contribution in [0.1, 0.15) is 22.5 Å². The number of hydrogen-bond donors (Lipinski definition) is 0. The predicted molar refractivity (Wildman–Crippen MR) is 107 cm³/mol. The highest BCUT2D eigenvalue weighted by atomic mass is 35.5. The second-order valence-corrected chi connectivity index (χ2v) is 7.68. The molecule has 0 bridgehead atoms. The molecule has 9 heteroatoms. The van der Waals surface area contributed by atoms with Gasteiger partial charge in [0, 0.05) is 40.3 Å². The van der Waals surface area contributed by atoms with Crippen LogP contribution in [0.4, 0.5) is 4.39 Å². The summed E-state index contributed by atoms with van der Waals surface area (Å²) in [4.78, 5) is 30.5. The fraction of sp³-hybridized carbons (Fsp3) is 0.450. The number of benzene rings is 1. The molecule has 3 rings (SSSR count). The first-order valence-electron chi connectivity index (χ1n) is 9.42. The van der Waals surface area contributed by atoms with E-state index in [1.54, 1.807) is 36.9 Å². The van der Waals surface area contributed by atoms with Crippen molar-refractivity contribution in [3.63, 3.8) is 0 Å². The van der Waals surface area contributed by atoms with Crippen molar-refractivity contribution >= 4 is 23.4 Å². The summed E-state index contributed by atoms with van der Waals surface area (Å²) < 4.78 is 19.6. The first-order valence-corrected chi connectivity index (χ1v) is 9.79. The van der Waals surface area contributed by atoms with Crippen molar-refractivity contribution in [2.75, 3.05) is 46.8 Å². The lowest BCUT2D eigenvalue weighted by molar-refractivity contribution is -0.129. The zero-order valence-corrected chi connectivity index (χ0v) is 17.5. The van der Waals surface area contributed by atoms with E-state index in [0.29, 0.717) is 31.9 Å². The van der Waals surface area contributed by atoms with Crippen molar-refractivity contribution in [3.05, 3.63) is 40.4 Å². The molecule has 2 amide bonds. The van der Waals surface area contributed by atoms with E-state index in [4.69, 9.17) is 16.1 Å². The lowest BCUT2D eigenvalue weighted by atomic mass is 10.0. The van der Waals surface area contributed by atoms with Gasteiger partial charge in [0.05, 0.1) is 17.1 Å². The van der Waals surface area contributed by atoms with Crippen LogP contribution < -0.4 is 0 Å². The number of carbonyl (C=O) groups excluding carboxylic acids is 2. The third kappa shape index (κ3) is 4.59. The van der Waals surface area contributed by atoms with Gasteiger partial charge in [0.1, 0.15) is 22.8 Å². The van der Waals surface area contributed by atoms with Gasteiger partial charge in [0.15, 0.2) is 0 Å². The zero-order valence-electron chi connectivity index (χ0n) is 16.7. The van der Waals surface area contributed by atoms with Crippen LogP contribution >= 0.6 is 11.6 Å². The lowest BCUT2D eigenvalue weighted by Crippen LogP contribution is -2.39. The average molecular weight is 423 g/mol.